The van der Waals surface area contributed by atoms with Crippen LogP contribution in [0, 0.1) is 0 Å². The van der Waals surface area contributed by atoms with Gasteiger partial charge in [-0.1, -0.05) is 6.42 Å². The monoisotopic (exact) mass is 198 g/mol. The molecule has 0 aliphatic carbocycles. The van der Waals surface area contributed by atoms with E-state index in [0.717, 1.165) is 25.9 Å². The van der Waals surface area contributed by atoms with Gasteiger partial charge in [-0.25, -0.2) is 0 Å². The van der Waals surface area contributed by atoms with Crippen molar-refractivity contribution < 1.29 is 14.8 Å². The molecule has 5 nitrogen and oxygen atoms in total. The third-order valence-corrected chi connectivity index (χ3v) is 1.96. The maximum atomic E-state index is 10.0. The smallest absolute Gasteiger partial charge is 0.250 e. The molecule has 5 heteroatoms. The van der Waals surface area contributed by atoms with Gasteiger partial charge in [0.05, 0.1) is 0 Å². The van der Waals surface area contributed by atoms with E-state index in [1.54, 1.807) is 0 Å². The fourth-order valence-electron chi connectivity index (χ4n) is 1.23. The minimum atomic E-state index is -0.329. The van der Waals surface area contributed by atoms with Crippen LogP contribution >= 0.6 is 0 Å². The number of nitrogens with zero attached hydrogens (tertiary/aromatic N) is 1. The first-order chi connectivity index (χ1) is 6.68. The van der Waals surface area contributed by atoms with Crippen LogP contribution in [0.15, 0.2) is 12.2 Å². The van der Waals surface area contributed by atoms with E-state index >= 15 is 0 Å². The number of piperidine rings is 1. The van der Waals surface area contributed by atoms with Gasteiger partial charge in [0.15, 0.2) is 0 Å². The summed E-state index contributed by atoms with van der Waals surface area (Å²) in [6.45, 7) is 1.75. The lowest BCUT2D eigenvalue weighted by molar-refractivity contribution is -0.123. The number of nitrogens with one attached hydrogen (secondary N) is 1. The number of hydroxylamine groups is 2. The van der Waals surface area contributed by atoms with Crippen LogP contribution in [0.2, 0.25) is 0 Å². The zero-order chi connectivity index (χ0) is 10.4. The van der Waals surface area contributed by atoms with Crippen molar-refractivity contribution in [3.63, 3.8) is 0 Å². The van der Waals surface area contributed by atoms with Crippen molar-refractivity contribution in [3.05, 3.63) is 12.2 Å². The molecule has 0 atom stereocenters. The summed E-state index contributed by atoms with van der Waals surface area (Å²) < 4.78 is 0. The van der Waals surface area contributed by atoms with Gasteiger partial charge in [0.25, 0.3) is 11.8 Å². The van der Waals surface area contributed by atoms with E-state index in [2.05, 4.69) is 0 Å². The summed E-state index contributed by atoms with van der Waals surface area (Å²) in [5.41, 5.74) is 0. The predicted molar refractivity (Wildman–Crippen MR) is 49.5 cm³/mol. The Bertz CT molecular complexity index is 228. The first-order valence-corrected chi connectivity index (χ1v) is 4.65. The molecule has 0 aromatic rings. The van der Waals surface area contributed by atoms with Crippen molar-refractivity contribution >= 4 is 11.8 Å². The molecule has 1 saturated heterocycles. The number of rotatable bonds is 0. The van der Waals surface area contributed by atoms with Gasteiger partial charge in [-0.15, -0.1) is 0 Å². The van der Waals surface area contributed by atoms with Crippen LogP contribution in [0.5, 0.6) is 0 Å². The van der Waals surface area contributed by atoms with Gasteiger partial charge in [-0.3, -0.25) is 14.9 Å². The fourth-order valence-corrected chi connectivity index (χ4v) is 1.23. The van der Waals surface area contributed by atoms with E-state index in [1.807, 2.05) is 5.32 Å². The van der Waals surface area contributed by atoms with Crippen LogP contribution in [0.4, 0.5) is 0 Å². The number of hydrogen-bond donors (Lipinski definition) is 2. The van der Waals surface area contributed by atoms with E-state index in [9.17, 15) is 9.59 Å². The largest absolute Gasteiger partial charge is 0.314 e. The molecule has 0 unspecified atom stereocenters. The second-order valence-corrected chi connectivity index (χ2v) is 3.20. The minimum absolute atomic E-state index is 0.329. The Kier molecular flexibility index (Phi) is 4.28. The van der Waals surface area contributed by atoms with E-state index in [4.69, 9.17) is 5.21 Å². The molecule has 14 heavy (non-hydrogen) atoms. The number of carbonyl (C=O) groups is 2. The van der Waals surface area contributed by atoms with Gasteiger partial charge >= 0.3 is 0 Å². The molecule has 2 amide bonds. The molecule has 2 aliphatic heterocycles. The molecule has 0 spiro atoms. The highest BCUT2D eigenvalue weighted by atomic mass is 16.5. The van der Waals surface area contributed by atoms with Gasteiger partial charge in [0.2, 0.25) is 0 Å². The molecule has 0 aromatic heterocycles. The predicted octanol–water partition coefficient (Wildman–Crippen LogP) is 0.0605. The average molecular weight is 198 g/mol. The van der Waals surface area contributed by atoms with E-state index in [1.165, 1.54) is 23.6 Å². The standard InChI is InChI=1S/C5H11NO.C4H3NO2/c7-6-4-2-1-3-5-6;6-3-1-2-4(7)5-3/h7H,1-5H2;1-2H,(H,5,6,7). The number of hydrogen-bond acceptors (Lipinski definition) is 4. The Labute approximate surface area is 82.3 Å². The first-order valence-electron chi connectivity index (χ1n) is 4.65. The lowest BCUT2D eigenvalue weighted by Gasteiger charge is -2.18. The number of carbonyl (C=O) groups excluding carboxylic acids is 2. The van der Waals surface area contributed by atoms with Crippen LogP contribution < -0.4 is 5.32 Å². The fraction of sp³-hybridized carbons (Fsp3) is 0.556. The molecule has 2 heterocycles. The highest BCUT2D eigenvalue weighted by Gasteiger charge is 2.06. The molecule has 1 fully saturated rings. The van der Waals surface area contributed by atoms with E-state index in [-0.39, 0.29) is 11.8 Å². The van der Waals surface area contributed by atoms with Gasteiger partial charge < -0.3 is 5.21 Å². The molecular formula is C9H14N2O3. The van der Waals surface area contributed by atoms with Crippen molar-refractivity contribution in [1.29, 1.82) is 0 Å². The van der Waals surface area contributed by atoms with Crippen LogP contribution in [-0.4, -0.2) is 35.2 Å². The van der Waals surface area contributed by atoms with Gasteiger partial charge in [0, 0.05) is 25.2 Å². The SMILES string of the molecule is O=C1C=CC(=O)N1.ON1CCCCC1. The van der Waals surface area contributed by atoms with Crippen molar-refractivity contribution in [2.75, 3.05) is 13.1 Å². The highest BCUT2D eigenvalue weighted by molar-refractivity contribution is 6.12. The maximum Gasteiger partial charge on any atom is 0.250 e. The van der Waals surface area contributed by atoms with Gasteiger partial charge in [-0.05, 0) is 12.8 Å². The van der Waals surface area contributed by atoms with Crippen molar-refractivity contribution in [3.8, 4) is 0 Å². The molecule has 0 aromatic carbocycles. The third-order valence-electron chi connectivity index (χ3n) is 1.96. The summed E-state index contributed by atoms with van der Waals surface area (Å²) in [6, 6.07) is 0. The lowest BCUT2D eigenvalue weighted by Crippen LogP contribution is -2.25. The summed E-state index contributed by atoms with van der Waals surface area (Å²) in [5, 5.41) is 12.2. The summed E-state index contributed by atoms with van der Waals surface area (Å²) in [5.74, 6) is -0.657. The average Bonchev–Trinajstić information content (AvgIpc) is 2.52. The maximum absolute atomic E-state index is 10.0. The number of amides is 2. The topological polar surface area (TPSA) is 69.6 Å². The molecule has 2 aliphatic rings. The Morgan fingerprint density at radius 3 is 1.79 bits per heavy atom. The number of imide groups is 1. The quantitative estimate of drug-likeness (QED) is 0.540. The summed E-state index contributed by atoms with van der Waals surface area (Å²) >= 11 is 0. The van der Waals surface area contributed by atoms with Crippen LogP contribution in [0.1, 0.15) is 19.3 Å². The molecule has 2 N–H and O–H groups in total. The zero-order valence-electron chi connectivity index (χ0n) is 7.90. The van der Waals surface area contributed by atoms with E-state index in [0.29, 0.717) is 0 Å². The Hall–Kier alpha value is -1.20. The van der Waals surface area contributed by atoms with Crippen molar-refractivity contribution in [2.24, 2.45) is 0 Å². The molecule has 78 valence electrons. The summed E-state index contributed by atoms with van der Waals surface area (Å²) in [7, 11) is 0. The Balaban J connectivity index is 0.000000140. The lowest BCUT2D eigenvalue weighted by atomic mass is 10.2. The zero-order valence-corrected chi connectivity index (χ0v) is 7.90. The van der Waals surface area contributed by atoms with E-state index < -0.39 is 0 Å². The molecular weight excluding hydrogens is 184 g/mol. The molecule has 2 rings (SSSR count). The molecule has 0 bridgehead atoms. The normalized spacial score (nSPS) is 21.5. The second-order valence-electron chi connectivity index (χ2n) is 3.20. The first kappa shape index (κ1) is 10.9. The van der Waals surface area contributed by atoms with Crippen molar-refractivity contribution in [1.82, 2.24) is 10.4 Å². The molecule has 0 radical (unpaired) electrons. The van der Waals surface area contributed by atoms with Crippen molar-refractivity contribution in [2.45, 2.75) is 19.3 Å². The third kappa shape index (κ3) is 4.15. The summed E-state index contributed by atoms with van der Waals surface area (Å²) in [6.07, 6.45) is 6.01. The summed E-state index contributed by atoms with van der Waals surface area (Å²) in [4.78, 5) is 20.1. The Morgan fingerprint density at radius 1 is 1.07 bits per heavy atom. The second kappa shape index (κ2) is 5.51. The highest BCUT2D eigenvalue weighted by Crippen LogP contribution is 2.04. The van der Waals surface area contributed by atoms with Crippen LogP contribution in [0.25, 0.3) is 0 Å². The van der Waals surface area contributed by atoms with Gasteiger partial charge in [0.1, 0.15) is 0 Å². The molecule has 0 saturated carbocycles. The Morgan fingerprint density at radius 2 is 1.57 bits per heavy atom. The van der Waals surface area contributed by atoms with Crippen LogP contribution in [0.3, 0.4) is 0 Å². The van der Waals surface area contributed by atoms with Crippen LogP contribution in [-0.2, 0) is 9.59 Å². The van der Waals surface area contributed by atoms with Gasteiger partial charge in [-0.2, -0.15) is 5.06 Å². The minimum Gasteiger partial charge on any atom is -0.314 e.